The molecule has 3 aromatic rings. The van der Waals surface area contributed by atoms with E-state index in [0.717, 1.165) is 43.0 Å². The van der Waals surface area contributed by atoms with Crippen molar-refractivity contribution in [2.75, 3.05) is 18.0 Å². The number of nitrogens with one attached hydrogen (secondary N) is 1. The number of aromatic nitrogens is 5. The zero-order valence-electron chi connectivity index (χ0n) is 14.8. The monoisotopic (exact) mass is 358 g/mol. The maximum Gasteiger partial charge on any atom is 0.180 e. The van der Waals surface area contributed by atoms with Crippen molar-refractivity contribution in [3.05, 3.63) is 42.6 Å². The number of fused-ring (bicyclic) bond motifs is 1. The smallest absolute Gasteiger partial charge is 0.180 e. The lowest BCUT2D eigenvalue weighted by molar-refractivity contribution is 0.473. The Kier molecular flexibility index (Phi) is 4.58. The summed E-state index contributed by atoms with van der Waals surface area (Å²) in [7, 11) is 5.80. The molecule has 4 rings (SSSR count). The molecule has 1 aliphatic rings. The Labute approximate surface area is 158 Å². The number of hydrogen-bond donors (Lipinski definition) is 2. The van der Waals surface area contributed by atoms with Gasteiger partial charge in [-0.05, 0) is 30.7 Å². The SMILES string of the molecule is [B]c1cn2c(-c3nccc(N4CCCC(/C(C=N)=C/N)C4)n3)cnc2cn1. The van der Waals surface area contributed by atoms with Crippen molar-refractivity contribution in [3.8, 4) is 11.5 Å². The molecule has 0 amide bonds. The summed E-state index contributed by atoms with van der Waals surface area (Å²) in [5, 5.41) is 7.55. The van der Waals surface area contributed by atoms with Gasteiger partial charge in [0.2, 0.25) is 0 Å². The van der Waals surface area contributed by atoms with Gasteiger partial charge in [-0.3, -0.25) is 9.38 Å². The maximum absolute atomic E-state index is 7.55. The molecule has 0 spiro atoms. The van der Waals surface area contributed by atoms with Gasteiger partial charge in [-0.15, -0.1) is 0 Å². The maximum atomic E-state index is 7.55. The average molecular weight is 358 g/mol. The third-order valence-corrected chi connectivity index (χ3v) is 4.86. The molecular formula is C18H19BN8. The Bertz CT molecular complexity index is 1010. The van der Waals surface area contributed by atoms with E-state index in [0.29, 0.717) is 17.1 Å². The van der Waals surface area contributed by atoms with E-state index in [9.17, 15) is 0 Å². The highest BCUT2D eigenvalue weighted by molar-refractivity contribution is 6.30. The summed E-state index contributed by atoms with van der Waals surface area (Å²) in [5.74, 6) is 1.67. The van der Waals surface area contributed by atoms with Crippen molar-refractivity contribution < 1.29 is 0 Å². The largest absolute Gasteiger partial charge is 0.404 e. The van der Waals surface area contributed by atoms with Crippen LogP contribution in [-0.4, -0.2) is 51.5 Å². The van der Waals surface area contributed by atoms with Crippen LogP contribution in [-0.2, 0) is 0 Å². The van der Waals surface area contributed by atoms with Crippen LogP contribution in [0.15, 0.2) is 42.6 Å². The minimum Gasteiger partial charge on any atom is -0.404 e. The normalized spacial score (nSPS) is 18.0. The molecule has 27 heavy (non-hydrogen) atoms. The quantitative estimate of drug-likeness (QED) is 0.525. The molecule has 1 fully saturated rings. The number of nitrogens with two attached hydrogens (primary N) is 1. The third-order valence-electron chi connectivity index (χ3n) is 4.86. The summed E-state index contributed by atoms with van der Waals surface area (Å²) in [6.45, 7) is 1.69. The van der Waals surface area contributed by atoms with E-state index in [1.54, 1.807) is 24.8 Å². The summed E-state index contributed by atoms with van der Waals surface area (Å²) in [4.78, 5) is 19.8. The van der Waals surface area contributed by atoms with Gasteiger partial charge in [0.1, 0.15) is 19.4 Å². The molecule has 0 aliphatic carbocycles. The van der Waals surface area contributed by atoms with E-state index in [-0.39, 0.29) is 5.92 Å². The third kappa shape index (κ3) is 3.28. The molecule has 1 atom stereocenters. The highest BCUT2D eigenvalue weighted by Gasteiger charge is 2.23. The molecule has 0 aromatic carbocycles. The molecule has 1 aliphatic heterocycles. The zero-order chi connectivity index (χ0) is 18.8. The Hall–Kier alpha value is -3.23. The Morgan fingerprint density at radius 3 is 3.00 bits per heavy atom. The van der Waals surface area contributed by atoms with Crippen LogP contribution >= 0.6 is 0 Å². The number of nitrogens with zero attached hydrogens (tertiary/aromatic N) is 6. The van der Waals surface area contributed by atoms with Crippen molar-refractivity contribution in [3.63, 3.8) is 0 Å². The Balaban J connectivity index is 1.66. The molecule has 9 heteroatoms. The van der Waals surface area contributed by atoms with Crippen LogP contribution < -0.4 is 16.2 Å². The molecule has 2 radical (unpaired) electrons. The topological polar surface area (TPSA) is 109 Å². The lowest BCUT2D eigenvalue weighted by Crippen LogP contribution is -2.37. The lowest BCUT2D eigenvalue weighted by Gasteiger charge is -2.34. The van der Waals surface area contributed by atoms with E-state index in [1.165, 1.54) is 12.4 Å². The fraction of sp³-hybridized carbons (Fsp3) is 0.278. The average Bonchev–Trinajstić information content (AvgIpc) is 3.12. The van der Waals surface area contributed by atoms with E-state index >= 15 is 0 Å². The first kappa shape index (κ1) is 17.2. The van der Waals surface area contributed by atoms with Gasteiger partial charge in [-0.1, -0.05) is 0 Å². The first-order valence-electron chi connectivity index (χ1n) is 8.79. The summed E-state index contributed by atoms with van der Waals surface area (Å²) in [6.07, 6.45) is 11.7. The molecule has 134 valence electrons. The molecule has 1 unspecified atom stereocenters. The molecule has 4 heterocycles. The van der Waals surface area contributed by atoms with Gasteiger partial charge in [-0.2, -0.15) is 0 Å². The Morgan fingerprint density at radius 1 is 1.30 bits per heavy atom. The number of imidazole rings is 1. The van der Waals surface area contributed by atoms with Gasteiger partial charge in [0, 0.05) is 43.2 Å². The van der Waals surface area contributed by atoms with Crippen molar-refractivity contribution in [2.24, 2.45) is 11.7 Å². The summed E-state index contributed by atoms with van der Waals surface area (Å²) in [5.41, 5.74) is 8.39. The number of hydrogen-bond acceptors (Lipinski definition) is 7. The summed E-state index contributed by atoms with van der Waals surface area (Å²) < 4.78 is 1.84. The highest BCUT2D eigenvalue weighted by Crippen LogP contribution is 2.26. The van der Waals surface area contributed by atoms with Crippen LogP contribution in [0.1, 0.15) is 12.8 Å². The van der Waals surface area contributed by atoms with Crippen molar-refractivity contribution in [2.45, 2.75) is 12.8 Å². The molecule has 0 saturated carbocycles. The fourth-order valence-corrected chi connectivity index (χ4v) is 3.48. The van der Waals surface area contributed by atoms with Crippen LogP contribution in [0.5, 0.6) is 0 Å². The van der Waals surface area contributed by atoms with Crippen LogP contribution in [0.25, 0.3) is 17.2 Å². The zero-order valence-corrected chi connectivity index (χ0v) is 14.8. The highest BCUT2D eigenvalue weighted by atomic mass is 15.2. The summed E-state index contributed by atoms with van der Waals surface area (Å²) >= 11 is 0. The standard InChI is InChI=1S/C18H19BN8/c19-15-11-27-14(8-24-17(27)9-23-15)18-22-4-3-16(25-18)26-5-1-2-12(10-26)13(6-20)7-21/h3-4,6-9,11-12,20H,1-2,5,10,21H2/b13-7+,20-6?. The van der Waals surface area contributed by atoms with Crippen LogP contribution in [0.4, 0.5) is 5.82 Å². The second-order valence-corrected chi connectivity index (χ2v) is 6.52. The van der Waals surface area contributed by atoms with Gasteiger partial charge in [0.15, 0.2) is 11.5 Å². The number of piperidine rings is 1. The minimum absolute atomic E-state index is 0.237. The summed E-state index contributed by atoms with van der Waals surface area (Å²) in [6, 6.07) is 1.90. The van der Waals surface area contributed by atoms with E-state index in [4.69, 9.17) is 24.0 Å². The molecule has 8 nitrogen and oxygen atoms in total. The van der Waals surface area contributed by atoms with Gasteiger partial charge in [-0.25, -0.2) is 15.0 Å². The van der Waals surface area contributed by atoms with Crippen LogP contribution in [0, 0.1) is 11.3 Å². The first-order valence-corrected chi connectivity index (χ1v) is 8.79. The molecule has 3 N–H and O–H groups in total. The van der Waals surface area contributed by atoms with E-state index in [2.05, 4.69) is 19.9 Å². The second kappa shape index (κ2) is 7.18. The van der Waals surface area contributed by atoms with Crippen LogP contribution in [0.2, 0.25) is 0 Å². The molecule has 1 saturated heterocycles. The van der Waals surface area contributed by atoms with Gasteiger partial charge in [0.05, 0.1) is 12.4 Å². The minimum atomic E-state index is 0.237. The second-order valence-electron chi connectivity index (χ2n) is 6.52. The molecule has 0 bridgehead atoms. The van der Waals surface area contributed by atoms with Gasteiger partial charge < -0.3 is 16.0 Å². The predicted octanol–water partition coefficient (Wildman–Crippen LogP) is 0.689. The number of rotatable bonds is 4. The van der Waals surface area contributed by atoms with E-state index < -0.39 is 0 Å². The molecule has 3 aromatic heterocycles. The van der Waals surface area contributed by atoms with Gasteiger partial charge in [0.25, 0.3) is 0 Å². The van der Waals surface area contributed by atoms with Gasteiger partial charge >= 0.3 is 0 Å². The van der Waals surface area contributed by atoms with E-state index in [1.807, 2.05) is 10.5 Å². The molecular weight excluding hydrogens is 339 g/mol. The predicted molar refractivity (Wildman–Crippen MR) is 105 cm³/mol. The fourth-order valence-electron chi connectivity index (χ4n) is 3.48. The lowest BCUT2D eigenvalue weighted by atomic mass is 9.91. The van der Waals surface area contributed by atoms with Crippen molar-refractivity contribution in [1.82, 2.24) is 24.3 Å². The van der Waals surface area contributed by atoms with Crippen molar-refractivity contribution in [1.29, 1.82) is 5.41 Å². The van der Waals surface area contributed by atoms with Crippen molar-refractivity contribution >= 4 is 31.1 Å². The Morgan fingerprint density at radius 2 is 2.19 bits per heavy atom. The van der Waals surface area contributed by atoms with Crippen LogP contribution in [0.3, 0.4) is 0 Å². The first-order chi connectivity index (χ1) is 13.2. The number of anilines is 1.